The Morgan fingerprint density at radius 2 is 2.26 bits per heavy atom. The summed E-state index contributed by atoms with van der Waals surface area (Å²) in [5.74, 6) is 0.648. The first-order chi connectivity index (χ1) is 11.2. The smallest absolute Gasteiger partial charge is 0.253 e. The number of aromatic nitrogens is 4. The number of hydrogen-bond acceptors (Lipinski definition) is 5. The third-order valence-corrected chi connectivity index (χ3v) is 3.93. The summed E-state index contributed by atoms with van der Waals surface area (Å²) < 4.78 is 1.77. The maximum atomic E-state index is 12.0. The van der Waals surface area contributed by atoms with E-state index in [0.29, 0.717) is 23.2 Å². The average molecular weight is 335 g/mol. The number of aryl methyl sites for hydroxylation is 1. The molecule has 0 radical (unpaired) electrons. The molecule has 0 spiro atoms. The lowest BCUT2D eigenvalue weighted by Crippen LogP contribution is -2.25. The lowest BCUT2D eigenvalue weighted by molar-refractivity contribution is 0.0951. The Hall–Kier alpha value is -2.15. The number of halogens is 1. The summed E-state index contributed by atoms with van der Waals surface area (Å²) in [4.78, 5) is 12.0. The molecule has 1 amide bonds. The Kier molecular flexibility index (Phi) is 4.76. The van der Waals surface area contributed by atoms with Gasteiger partial charge in [-0.05, 0) is 47.9 Å². The van der Waals surface area contributed by atoms with Crippen LogP contribution < -0.4 is 10.6 Å². The summed E-state index contributed by atoms with van der Waals surface area (Å²) in [5, 5.41) is 18.2. The lowest BCUT2D eigenvalue weighted by Gasteiger charge is -2.10. The van der Waals surface area contributed by atoms with E-state index in [9.17, 15) is 4.79 Å². The van der Waals surface area contributed by atoms with Crippen LogP contribution in [-0.2, 0) is 13.1 Å². The first kappa shape index (κ1) is 15.7. The van der Waals surface area contributed by atoms with Crippen molar-refractivity contribution in [1.82, 2.24) is 25.5 Å². The van der Waals surface area contributed by atoms with E-state index in [1.54, 1.807) is 16.8 Å². The van der Waals surface area contributed by atoms with Crippen molar-refractivity contribution in [3.05, 3.63) is 34.6 Å². The van der Waals surface area contributed by atoms with E-state index < -0.39 is 0 Å². The standard InChI is InChI=1S/C15H19ClN6O/c1-2-7-22-14(19-20-21-22)9-17-11-5-6-12(13(16)8-11)15(23)18-10-3-4-10/h5-6,8,10,17H,2-4,7,9H2,1H3,(H,18,23). The summed E-state index contributed by atoms with van der Waals surface area (Å²) in [7, 11) is 0. The fraction of sp³-hybridized carbons (Fsp3) is 0.467. The highest BCUT2D eigenvalue weighted by molar-refractivity contribution is 6.34. The third kappa shape index (κ3) is 3.98. The van der Waals surface area contributed by atoms with Crippen LogP contribution >= 0.6 is 11.6 Å². The second kappa shape index (κ2) is 6.95. The molecule has 8 heteroatoms. The highest BCUT2D eigenvalue weighted by Gasteiger charge is 2.24. The molecule has 0 atom stereocenters. The van der Waals surface area contributed by atoms with E-state index in [1.807, 2.05) is 6.07 Å². The molecule has 1 aliphatic rings. The molecule has 0 saturated heterocycles. The molecule has 2 aromatic rings. The number of amides is 1. The molecule has 0 aliphatic heterocycles. The van der Waals surface area contributed by atoms with E-state index in [1.165, 1.54) is 0 Å². The van der Waals surface area contributed by atoms with Crippen molar-refractivity contribution in [3.8, 4) is 0 Å². The molecule has 0 unspecified atom stereocenters. The minimum Gasteiger partial charge on any atom is -0.378 e. The largest absolute Gasteiger partial charge is 0.378 e. The first-order valence-electron chi connectivity index (χ1n) is 7.76. The van der Waals surface area contributed by atoms with Crippen LogP contribution in [0.15, 0.2) is 18.2 Å². The van der Waals surface area contributed by atoms with E-state index in [0.717, 1.165) is 37.3 Å². The summed E-state index contributed by atoms with van der Waals surface area (Å²) in [5.41, 5.74) is 1.32. The van der Waals surface area contributed by atoms with Gasteiger partial charge in [-0.1, -0.05) is 18.5 Å². The van der Waals surface area contributed by atoms with Gasteiger partial charge in [0.25, 0.3) is 5.91 Å². The first-order valence-corrected chi connectivity index (χ1v) is 8.14. The van der Waals surface area contributed by atoms with Gasteiger partial charge in [-0.25, -0.2) is 4.68 Å². The zero-order chi connectivity index (χ0) is 16.2. The van der Waals surface area contributed by atoms with Crippen LogP contribution in [0, 0.1) is 0 Å². The van der Waals surface area contributed by atoms with Crippen LogP contribution in [0.3, 0.4) is 0 Å². The highest BCUT2D eigenvalue weighted by Crippen LogP contribution is 2.24. The molecule has 3 rings (SSSR count). The molecular formula is C15H19ClN6O. The van der Waals surface area contributed by atoms with Gasteiger partial charge in [0.05, 0.1) is 17.1 Å². The molecule has 1 aliphatic carbocycles. The lowest BCUT2D eigenvalue weighted by atomic mass is 10.2. The van der Waals surface area contributed by atoms with Crippen molar-refractivity contribution in [2.45, 2.75) is 45.3 Å². The van der Waals surface area contributed by atoms with E-state index in [-0.39, 0.29) is 5.91 Å². The summed E-state index contributed by atoms with van der Waals surface area (Å²) >= 11 is 6.22. The van der Waals surface area contributed by atoms with Gasteiger partial charge in [0.1, 0.15) is 0 Å². The molecule has 1 aromatic carbocycles. The second-order valence-electron chi connectivity index (χ2n) is 5.61. The number of anilines is 1. The number of nitrogens with one attached hydrogen (secondary N) is 2. The minimum absolute atomic E-state index is 0.115. The Balaban J connectivity index is 1.63. The maximum absolute atomic E-state index is 12.0. The minimum atomic E-state index is -0.115. The van der Waals surface area contributed by atoms with Crippen molar-refractivity contribution in [2.24, 2.45) is 0 Å². The predicted octanol–water partition coefficient (Wildman–Crippen LogP) is 2.24. The monoisotopic (exact) mass is 334 g/mol. The van der Waals surface area contributed by atoms with Gasteiger partial charge < -0.3 is 10.6 Å². The van der Waals surface area contributed by atoms with Crippen molar-refractivity contribution >= 4 is 23.2 Å². The molecule has 1 heterocycles. The SMILES string of the molecule is CCCn1nnnc1CNc1ccc(C(=O)NC2CC2)c(Cl)c1. The fourth-order valence-electron chi connectivity index (χ4n) is 2.22. The number of rotatable bonds is 7. The number of hydrogen-bond donors (Lipinski definition) is 2. The Bertz CT molecular complexity index is 697. The second-order valence-corrected chi connectivity index (χ2v) is 6.02. The quantitative estimate of drug-likeness (QED) is 0.811. The van der Waals surface area contributed by atoms with Gasteiger partial charge in [0.15, 0.2) is 5.82 Å². The maximum Gasteiger partial charge on any atom is 0.253 e. The van der Waals surface area contributed by atoms with Gasteiger partial charge >= 0.3 is 0 Å². The molecule has 1 aromatic heterocycles. The van der Waals surface area contributed by atoms with E-state index in [4.69, 9.17) is 11.6 Å². The molecule has 2 N–H and O–H groups in total. The Morgan fingerprint density at radius 3 is 2.96 bits per heavy atom. The molecule has 0 bridgehead atoms. The Labute approximate surface area is 139 Å². The third-order valence-electron chi connectivity index (χ3n) is 3.62. The average Bonchev–Trinajstić information content (AvgIpc) is 3.23. The molecule has 7 nitrogen and oxygen atoms in total. The van der Waals surface area contributed by atoms with Crippen LogP contribution in [0.2, 0.25) is 5.02 Å². The Morgan fingerprint density at radius 1 is 1.43 bits per heavy atom. The van der Waals surface area contributed by atoms with Crippen molar-refractivity contribution < 1.29 is 4.79 Å². The number of nitrogens with zero attached hydrogens (tertiary/aromatic N) is 4. The van der Waals surface area contributed by atoms with E-state index in [2.05, 4.69) is 33.1 Å². The number of benzene rings is 1. The topological polar surface area (TPSA) is 84.7 Å². The molecular weight excluding hydrogens is 316 g/mol. The molecule has 1 fully saturated rings. The van der Waals surface area contributed by atoms with Crippen LogP contribution in [0.5, 0.6) is 0 Å². The molecule has 23 heavy (non-hydrogen) atoms. The van der Waals surface area contributed by atoms with Crippen molar-refractivity contribution in [1.29, 1.82) is 0 Å². The van der Waals surface area contributed by atoms with Crippen LogP contribution in [-0.4, -0.2) is 32.2 Å². The van der Waals surface area contributed by atoms with E-state index >= 15 is 0 Å². The zero-order valence-electron chi connectivity index (χ0n) is 12.9. The van der Waals surface area contributed by atoms with Crippen LogP contribution in [0.1, 0.15) is 42.4 Å². The van der Waals surface area contributed by atoms with Gasteiger partial charge in [0, 0.05) is 18.3 Å². The number of carbonyl (C=O) groups is 1. The zero-order valence-corrected chi connectivity index (χ0v) is 13.7. The highest BCUT2D eigenvalue weighted by atomic mass is 35.5. The molecule has 122 valence electrons. The fourth-order valence-corrected chi connectivity index (χ4v) is 2.48. The van der Waals surface area contributed by atoms with Gasteiger partial charge in [-0.15, -0.1) is 5.10 Å². The normalized spacial score (nSPS) is 13.8. The predicted molar refractivity (Wildman–Crippen MR) is 87.4 cm³/mol. The summed E-state index contributed by atoms with van der Waals surface area (Å²) in [6.45, 7) is 3.35. The summed E-state index contributed by atoms with van der Waals surface area (Å²) in [6.07, 6.45) is 3.07. The van der Waals surface area contributed by atoms with Gasteiger partial charge in [-0.2, -0.15) is 0 Å². The number of tetrazole rings is 1. The van der Waals surface area contributed by atoms with Crippen molar-refractivity contribution in [3.63, 3.8) is 0 Å². The van der Waals surface area contributed by atoms with Gasteiger partial charge in [-0.3, -0.25) is 4.79 Å². The van der Waals surface area contributed by atoms with Crippen LogP contribution in [0.4, 0.5) is 5.69 Å². The number of carbonyl (C=O) groups excluding carboxylic acids is 1. The van der Waals surface area contributed by atoms with Crippen molar-refractivity contribution in [2.75, 3.05) is 5.32 Å². The van der Waals surface area contributed by atoms with Gasteiger partial charge in [0.2, 0.25) is 0 Å². The molecule has 1 saturated carbocycles. The van der Waals surface area contributed by atoms with Crippen LogP contribution in [0.25, 0.3) is 0 Å². The summed E-state index contributed by atoms with van der Waals surface area (Å²) in [6, 6.07) is 5.63.